The Hall–Kier alpha value is -2.16. The van der Waals surface area contributed by atoms with Crippen molar-refractivity contribution in [3.63, 3.8) is 0 Å². The zero-order valence-corrected chi connectivity index (χ0v) is 20.0. The van der Waals surface area contributed by atoms with Gasteiger partial charge in [-0.3, -0.25) is 0 Å². The number of methoxy groups -OCH3 is 2. The maximum Gasteiger partial charge on any atom is 0.191 e. The van der Waals surface area contributed by atoms with Gasteiger partial charge < -0.3 is 24.8 Å². The summed E-state index contributed by atoms with van der Waals surface area (Å²) in [4.78, 5) is 4.68. The van der Waals surface area contributed by atoms with Gasteiger partial charge in [0.15, 0.2) is 17.5 Å². The fraction of sp³-hybridized carbons (Fsp3) is 0.409. The quantitative estimate of drug-likeness (QED) is 0.286. The van der Waals surface area contributed by atoms with E-state index in [0.717, 1.165) is 48.3 Å². The largest absolute Gasteiger partial charge is 0.497 e. The third-order valence-corrected chi connectivity index (χ3v) is 4.16. The summed E-state index contributed by atoms with van der Waals surface area (Å²) in [6.07, 6.45) is 0.908. The van der Waals surface area contributed by atoms with Gasteiger partial charge in [0.1, 0.15) is 5.75 Å². The topological polar surface area (TPSA) is 64.1 Å². The van der Waals surface area contributed by atoms with Crippen molar-refractivity contribution in [2.24, 2.45) is 4.99 Å². The minimum Gasteiger partial charge on any atom is -0.497 e. The van der Waals surface area contributed by atoms with Crippen molar-refractivity contribution in [2.75, 3.05) is 33.9 Å². The minimum absolute atomic E-state index is 0. The molecule has 0 atom stereocenters. The predicted octanol–water partition coefficient (Wildman–Crippen LogP) is 4.02. The van der Waals surface area contributed by atoms with E-state index in [4.69, 9.17) is 14.2 Å². The Labute approximate surface area is 191 Å². The molecule has 0 heterocycles. The Balaban J connectivity index is 0.00000420. The summed E-state index contributed by atoms with van der Waals surface area (Å²) in [6, 6.07) is 14.0. The average Bonchev–Trinajstić information content (AvgIpc) is 2.73. The molecule has 0 aliphatic rings. The molecule has 6 nitrogen and oxygen atoms in total. The van der Waals surface area contributed by atoms with Gasteiger partial charge in [0.05, 0.1) is 27.4 Å². The van der Waals surface area contributed by atoms with Crippen molar-refractivity contribution in [1.82, 2.24) is 10.6 Å². The van der Waals surface area contributed by atoms with Crippen LogP contribution in [0.1, 0.15) is 25.0 Å². The van der Waals surface area contributed by atoms with E-state index in [1.807, 2.05) is 37.3 Å². The third kappa shape index (κ3) is 8.39. The van der Waals surface area contributed by atoms with Crippen LogP contribution < -0.4 is 24.8 Å². The van der Waals surface area contributed by atoms with Crippen LogP contribution in [0.3, 0.4) is 0 Å². The SMILES string of the molecule is CCNC(=NCc1ccc(OC)c(OCC)c1)NCCc1ccc(OC)cc1.I. The molecular weight excluding hydrogens is 481 g/mol. The molecule has 2 aromatic carbocycles. The Morgan fingerprint density at radius 2 is 1.62 bits per heavy atom. The molecule has 0 radical (unpaired) electrons. The lowest BCUT2D eigenvalue weighted by molar-refractivity contribution is 0.310. The van der Waals surface area contributed by atoms with E-state index in [-0.39, 0.29) is 24.0 Å². The molecule has 0 aliphatic carbocycles. The van der Waals surface area contributed by atoms with Gasteiger partial charge >= 0.3 is 0 Å². The molecule has 2 rings (SSSR count). The summed E-state index contributed by atoms with van der Waals surface area (Å²) in [7, 11) is 3.32. The zero-order valence-electron chi connectivity index (χ0n) is 17.7. The average molecular weight is 513 g/mol. The zero-order chi connectivity index (χ0) is 20.2. The van der Waals surface area contributed by atoms with Crippen LogP contribution >= 0.6 is 24.0 Å². The Kier molecular flexibility index (Phi) is 11.9. The summed E-state index contributed by atoms with van der Waals surface area (Å²) in [5.41, 5.74) is 2.32. The van der Waals surface area contributed by atoms with Crippen LogP contribution in [0.15, 0.2) is 47.5 Å². The van der Waals surface area contributed by atoms with Crippen molar-refractivity contribution in [2.45, 2.75) is 26.8 Å². The number of guanidine groups is 1. The van der Waals surface area contributed by atoms with Gasteiger partial charge in [0.2, 0.25) is 0 Å². The number of halogens is 1. The summed E-state index contributed by atoms with van der Waals surface area (Å²) < 4.78 is 16.2. The number of benzene rings is 2. The lowest BCUT2D eigenvalue weighted by atomic mass is 10.1. The van der Waals surface area contributed by atoms with Gasteiger partial charge in [-0.25, -0.2) is 4.99 Å². The molecule has 0 spiro atoms. The fourth-order valence-corrected chi connectivity index (χ4v) is 2.72. The van der Waals surface area contributed by atoms with Gasteiger partial charge in [0, 0.05) is 13.1 Å². The lowest BCUT2D eigenvalue weighted by Crippen LogP contribution is -2.38. The highest BCUT2D eigenvalue weighted by atomic mass is 127. The molecule has 2 aromatic rings. The van der Waals surface area contributed by atoms with Gasteiger partial charge in [-0.1, -0.05) is 18.2 Å². The number of hydrogen-bond donors (Lipinski definition) is 2. The van der Waals surface area contributed by atoms with Crippen molar-refractivity contribution in [3.05, 3.63) is 53.6 Å². The predicted molar refractivity (Wildman–Crippen MR) is 129 cm³/mol. The second-order valence-corrected chi connectivity index (χ2v) is 6.14. The molecule has 2 N–H and O–H groups in total. The van der Waals surface area contributed by atoms with E-state index in [1.165, 1.54) is 5.56 Å². The second kappa shape index (κ2) is 13.9. The highest BCUT2D eigenvalue weighted by molar-refractivity contribution is 14.0. The number of nitrogens with one attached hydrogen (secondary N) is 2. The Morgan fingerprint density at radius 1 is 0.897 bits per heavy atom. The molecule has 0 amide bonds. The first-order valence-electron chi connectivity index (χ1n) is 9.65. The van der Waals surface area contributed by atoms with Crippen molar-refractivity contribution >= 4 is 29.9 Å². The molecule has 0 aromatic heterocycles. The summed E-state index contributed by atoms with van der Waals surface area (Å²) in [5, 5.41) is 6.66. The number of aliphatic imine (C=N–C) groups is 1. The molecule has 29 heavy (non-hydrogen) atoms. The van der Waals surface area contributed by atoms with Gasteiger partial charge in [-0.15, -0.1) is 24.0 Å². The van der Waals surface area contributed by atoms with Gasteiger partial charge in [-0.2, -0.15) is 0 Å². The normalized spacial score (nSPS) is 10.7. The van der Waals surface area contributed by atoms with Gasteiger partial charge in [-0.05, 0) is 55.7 Å². The maximum atomic E-state index is 5.64. The van der Waals surface area contributed by atoms with E-state index in [0.29, 0.717) is 13.2 Å². The first-order valence-corrected chi connectivity index (χ1v) is 9.65. The van der Waals surface area contributed by atoms with Gasteiger partial charge in [0.25, 0.3) is 0 Å². The first-order chi connectivity index (χ1) is 13.7. The van der Waals surface area contributed by atoms with E-state index < -0.39 is 0 Å². The van der Waals surface area contributed by atoms with E-state index in [9.17, 15) is 0 Å². The number of hydrogen-bond acceptors (Lipinski definition) is 4. The monoisotopic (exact) mass is 513 g/mol. The summed E-state index contributed by atoms with van der Waals surface area (Å²) in [6.45, 7) is 6.77. The van der Waals surface area contributed by atoms with E-state index in [2.05, 4.69) is 34.7 Å². The molecule has 0 bridgehead atoms. The van der Waals surface area contributed by atoms with E-state index >= 15 is 0 Å². The molecule has 0 saturated carbocycles. The Morgan fingerprint density at radius 3 is 2.24 bits per heavy atom. The molecule has 0 aliphatic heterocycles. The van der Waals surface area contributed by atoms with Crippen LogP contribution in [0.25, 0.3) is 0 Å². The van der Waals surface area contributed by atoms with E-state index in [1.54, 1.807) is 14.2 Å². The molecule has 0 unspecified atom stereocenters. The van der Waals surface area contributed by atoms with Crippen LogP contribution in [-0.4, -0.2) is 39.9 Å². The number of ether oxygens (including phenoxy) is 3. The highest BCUT2D eigenvalue weighted by Crippen LogP contribution is 2.28. The van der Waals surface area contributed by atoms with Crippen molar-refractivity contribution in [1.29, 1.82) is 0 Å². The fourth-order valence-electron chi connectivity index (χ4n) is 2.72. The van der Waals surface area contributed by atoms with Crippen molar-refractivity contribution < 1.29 is 14.2 Å². The summed E-state index contributed by atoms with van der Waals surface area (Å²) >= 11 is 0. The van der Waals surface area contributed by atoms with Crippen molar-refractivity contribution in [3.8, 4) is 17.2 Å². The maximum absolute atomic E-state index is 5.64. The molecule has 0 fully saturated rings. The van der Waals surface area contributed by atoms with Crippen LogP contribution in [0, 0.1) is 0 Å². The van der Waals surface area contributed by atoms with Crippen LogP contribution in [0.4, 0.5) is 0 Å². The number of rotatable bonds is 10. The third-order valence-electron chi connectivity index (χ3n) is 4.16. The van der Waals surface area contributed by atoms with Crippen LogP contribution in [-0.2, 0) is 13.0 Å². The molecular formula is C22H32IN3O3. The molecule has 7 heteroatoms. The smallest absolute Gasteiger partial charge is 0.191 e. The second-order valence-electron chi connectivity index (χ2n) is 6.14. The minimum atomic E-state index is 0. The highest BCUT2D eigenvalue weighted by Gasteiger charge is 2.06. The number of nitrogens with zero attached hydrogens (tertiary/aromatic N) is 1. The Bertz CT molecular complexity index is 751. The first kappa shape index (κ1) is 24.9. The lowest BCUT2D eigenvalue weighted by Gasteiger charge is -2.13. The standard InChI is InChI=1S/C22H31N3O3.HI/c1-5-23-22(24-14-13-17-7-10-19(26-3)11-8-17)25-16-18-9-12-20(27-4)21(15-18)28-6-2;/h7-12,15H,5-6,13-14,16H2,1-4H3,(H2,23,24,25);1H. The van der Waals surface area contributed by atoms with Crippen LogP contribution in [0.2, 0.25) is 0 Å². The molecule has 160 valence electrons. The molecule has 0 saturated heterocycles. The van der Waals surface area contributed by atoms with Crippen LogP contribution in [0.5, 0.6) is 17.2 Å². The summed E-state index contributed by atoms with van der Waals surface area (Å²) in [5.74, 6) is 3.15.